The molecule has 30 heavy (non-hydrogen) atoms. The van der Waals surface area contributed by atoms with Crippen molar-refractivity contribution in [1.29, 1.82) is 0 Å². The number of para-hydroxylation sites is 1. The Balaban J connectivity index is 0.00000320. The predicted molar refractivity (Wildman–Crippen MR) is 133 cm³/mol. The van der Waals surface area contributed by atoms with E-state index in [1.54, 1.807) is 7.05 Å². The Morgan fingerprint density at radius 3 is 2.47 bits per heavy atom. The minimum Gasteiger partial charge on any atom is -0.375 e. The predicted octanol–water partition coefficient (Wildman–Crippen LogP) is 3.99. The second-order valence-electron chi connectivity index (χ2n) is 6.86. The van der Waals surface area contributed by atoms with Gasteiger partial charge >= 0.3 is 0 Å². The average molecular weight is 519 g/mol. The fourth-order valence-electron chi connectivity index (χ4n) is 3.15. The lowest BCUT2D eigenvalue weighted by Gasteiger charge is -2.15. The molecule has 0 saturated carbocycles. The van der Waals surface area contributed by atoms with Crippen molar-refractivity contribution in [3.8, 4) is 5.69 Å². The highest BCUT2D eigenvalue weighted by atomic mass is 127. The van der Waals surface area contributed by atoms with Crippen molar-refractivity contribution in [2.75, 3.05) is 20.2 Å². The molecule has 0 spiro atoms. The summed E-state index contributed by atoms with van der Waals surface area (Å²) in [6.45, 7) is 6.64. The van der Waals surface area contributed by atoms with Gasteiger partial charge in [0.1, 0.15) is 0 Å². The zero-order chi connectivity index (χ0) is 20.5. The highest BCUT2D eigenvalue weighted by Gasteiger charge is 2.09. The first kappa shape index (κ1) is 23.9. The van der Waals surface area contributed by atoms with Gasteiger partial charge in [0, 0.05) is 25.8 Å². The molecule has 0 aliphatic carbocycles. The molecule has 0 aliphatic heterocycles. The van der Waals surface area contributed by atoms with Gasteiger partial charge < -0.3 is 15.4 Å². The molecule has 1 aromatic heterocycles. The number of aliphatic imine (C=N–C) groups is 1. The molecule has 1 heterocycles. The van der Waals surface area contributed by atoms with E-state index in [9.17, 15) is 0 Å². The number of hydrogen-bond donors (Lipinski definition) is 2. The second kappa shape index (κ2) is 12.3. The summed E-state index contributed by atoms with van der Waals surface area (Å²) in [5, 5.41) is 11.3. The third kappa shape index (κ3) is 6.84. The molecule has 6 nitrogen and oxygen atoms in total. The number of rotatable bonds is 8. The lowest BCUT2D eigenvalue weighted by molar-refractivity contribution is 0.125. The second-order valence-corrected chi connectivity index (χ2v) is 6.86. The fourth-order valence-corrected chi connectivity index (χ4v) is 3.15. The van der Waals surface area contributed by atoms with Crippen molar-refractivity contribution in [1.82, 2.24) is 20.4 Å². The van der Waals surface area contributed by atoms with Crippen LogP contribution in [0, 0.1) is 13.8 Å². The quantitative estimate of drug-likeness (QED) is 0.205. The molecule has 0 radical (unpaired) electrons. The minimum absolute atomic E-state index is 0. The topological polar surface area (TPSA) is 63.5 Å². The van der Waals surface area contributed by atoms with Crippen molar-refractivity contribution in [2.45, 2.75) is 27.0 Å². The lowest BCUT2D eigenvalue weighted by Crippen LogP contribution is -2.38. The van der Waals surface area contributed by atoms with Gasteiger partial charge in [-0.3, -0.25) is 4.99 Å². The average Bonchev–Trinajstić information content (AvgIpc) is 3.08. The molecule has 2 aromatic carbocycles. The van der Waals surface area contributed by atoms with Gasteiger partial charge in [0.15, 0.2) is 5.96 Å². The number of aromatic nitrogens is 2. The lowest BCUT2D eigenvalue weighted by atomic mass is 10.1. The van der Waals surface area contributed by atoms with Gasteiger partial charge in [0.05, 0.1) is 24.6 Å². The van der Waals surface area contributed by atoms with Crippen LogP contribution in [-0.4, -0.2) is 35.9 Å². The molecule has 0 atom stereocenters. The van der Waals surface area contributed by atoms with Gasteiger partial charge in [0.25, 0.3) is 0 Å². The highest BCUT2D eigenvalue weighted by Crippen LogP contribution is 2.16. The molecule has 160 valence electrons. The van der Waals surface area contributed by atoms with Gasteiger partial charge in [-0.2, -0.15) is 5.10 Å². The normalized spacial score (nSPS) is 11.1. The Labute approximate surface area is 195 Å². The smallest absolute Gasteiger partial charge is 0.191 e. The van der Waals surface area contributed by atoms with E-state index in [2.05, 4.69) is 58.0 Å². The van der Waals surface area contributed by atoms with Crippen LogP contribution in [0.1, 0.15) is 22.5 Å². The summed E-state index contributed by atoms with van der Waals surface area (Å²) in [7, 11) is 1.77. The van der Waals surface area contributed by atoms with Crippen molar-refractivity contribution in [3.63, 3.8) is 0 Å². The summed E-state index contributed by atoms with van der Waals surface area (Å²) in [5.41, 5.74) is 5.54. The number of nitrogens with one attached hydrogen (secondary N) is 2. The molecule has 3 rings (SSSR count). The zero-order valence-electron chi connectivity index (χ0n) is 17.8. The fraction of sp³-hybridized carbons (Fsp3) is 0.304. The Morgan fingerprint density at radius 2 is 1.77 bits per heavy atom. The summed E-state index contributed by atoms with van der Waals surface area (Å²) in [5.74, 6) is 0.747. The summed E-state index contributed by atoms with van der Waals surface area (Å²) in [6, 6.07) is 20.5. The maximum atomic E-state index is 5.71. The Hall–Kier alpha value is -2.39. The van der Waals surface area contributed by atoms with Gasteiger partial charge in [0.2, 0.25) is 0 Å². The van der Waals surface area contributed by atoms with Crippen LogP contribution < -0.4 is 10.6 Å². The van der Waals surface area contributed by atoms with E-state index in [0.29, 0.717) is 26.3 Å². The first-order valence-electron chi connectivity index (χ1n) is 9.85. The summed E-state index contributed by atoms with van der Waals surface area (Å²) in [4.78, 5) is 4.30. The van der Waals surface area contributed by atoms with Crippen LogP contribution in [0.2, 0.25) is 0 Å². The molecular formula is C23H30IN5O. The third-order valence-electron chi connectivity index (χ3n) is 4.55. The molecule has 0 saturated heterocycles. The number of nitrogens with zero attached hydrogens (tertiary/aromatic N) is 3. The van der Waals surface area contributed by atoms with Crippen LogP contribution in [0.5, 0.6) is 0 Å². The van der Waals surface area contributed by atoms with Crippen molar-refractivity contribution in [2.24, 2.45) is 4.99 Å². The van der Waals surface area contributed by atoms with Crippen LogP contribution in [0.4, 0.5) is 0 Å². The first-order chi connectivity index (χ1) is 14.2. The monoisotopic (exact) mass is 519 g/mol. The van der Waals surface area contributed by atoms with Crippen LogP contribution in [0.3, 0.4) is 0 Å². The summed E-state index contributed by atoms with van der Waals surface area (Å²) < 4.78 is 7.70. The minimum atomic E-state index is 0. The highest BCUT2D eigenvalue weighted by molar-refractivity contribution is 14.0. The number of hydrogen-bond acceptors (Lipinski definition) is 3. The largest absolute Gasteiger partial charge is 0.375 e. The molecule has 0 bridgehead atoms. The van der Waals surface area contributed by atoms with E-state index in [-0.39, 0.29) is 24.0 Å². The number of ether oxygens (including phenoxy) is 1. The van der Waals surface area contributed by atoms with Crippen molar-refractivity contribution < 1.29 is 4.74 Å². The number of aryl methyl sites for hydroxylation is 2. The van der Waals surface area contributed by atoms with Gasteiger partial charge in [-0.1, -0.05) is 48.5 Å². The van der Waals surface area contributed by atoms with E-state index in [4.69, 9.17) is 4.74 Å². The SMILES string of the molecule is CN=C(NCCOCc1ccccc1)NCc1ccccc1-n1nc(C)cc1C.I. The Morgan fingerprint density at radius 1 is 1.03 bits per heavy atom. The molecule has 7 heteroatoms. The van der Waals surface area contributed by atoms with E-state index in [1.165, 1.54) is 5.56 Å². The number of guanidine groups is 1. The Bertz CT molecular complexity index is 940. The molecule has 0 amide bonds. The summed E-state index contributed by atoms with van der Waals surface area (Å²) >= 11 is 0. The molecule has 0 fully saturated rings. The van der Waals surface area contributed by atoms with Gasteiger partial charge in [-0.25, -0.2) is 4.68 Å². The number of benzene rings is 2. The van der Waals surface area contributed by atoms with Crippen molar-refractivity contribution >= 4 is 29.9 Å². The van der Waals surface area contributed by atoms with E-state index in [0.717, 1.165) is 28.6 Å². The number of halogens is 1. The van der Waals surface area contributed by atoms with Crippen LogP contribution in [-0.2, 0) is 17.9 Å². The summed E-state index contributed by atoms with van der Waals surface area (Å²) in [6.07, 6.45) is 0. The molecule has 0 unspecified atom stereocenters. The third-order valence-corrected chi connectivity index (χ3v) is 4.55. The van der Waals surface area contributed by atoms with Gasteiger partial charge in [-0.15, -0.1) is 24.0 Å². The van der Waals surface area contributed by atoms with Crippen LogP contribution in [0.15, 0.2) is 65.7 Å². The zero-order valence-corrected chi connectivity index (χ0v) is 20.1. The molecular weight excluding hydrogens is 489 g/mol. The maximum Gasteiger partial charge on any atom is 0.191 e. The van der Waals surface area contributed by atoms with Crippen LogP contribution >= 0.6 is 24.0 Å². The van der Waals surface area contributed by atoms with E-state index in [1.807, 2.05) is 41.9 Å². The van der Waals surface area contributed by atoms with Gasteiger partial charge in [-0.05, 0) is 37.1 Å². The van der Waals surface area contributed by atoms with Crippen LogP contribution in [0.25, 0.3) is 5.69 Å². The first-order valence-corrected chi connectivity index (χ1v) is 9.85. The van der Waals surface area contributed by atoms with Crippen molar-refractivity contribution in [3.05, 3.63) is 83.2 Å². The van der Waals surface area contributed by atoms with E-state index >= 15 is 0 Å². The standard InChI is InChI=1S/C23H29N5O.HI/c1-18-15-19(2)28(27-18)22-12-8-7-11-21(22)16-26-23(24-3)25-13-14-29-17-20-9-5-4-6-10-20;/h4-12,15H,13-14,16-17H2,1-3H3,(H2,24,25,26);1H. The molecule has 0 aliphatic rings. The molecule has 3 aromatic rings. The molecule has 2 N–H and O–H groups in total. The maximum absolute atomic E-state index is 5.71. The van der Waals surface area contributed by atoms with E-state index < -0.39 is 0 Å². The Kier molecular flexibility index (Phi) is 9.82.